The molecule has 19 heavy (non-hydrogen) atoms. The van der Waals surface area contributed by atoms with E-state index in [4.69, 9.17) is 0 Å². The first-order chi connectivity index (χ1) is 9.22. The summed E-state index contributed by atoms with van der Waals surface area (Å²) in [7, 11) is 0. The van der Waals surface area contributed by atoms with E-state index >= 15 is 0 Å². The maximum Gasteiger partial charge on any atom is 0.189 e. The zero-order chi connectivity index (χ0) is 13.2. The summed E-state index contributed by atoms with van der Waals surface area (Å²) < 4.78 is 0. The number of hydrogen-bond acceptors (Lipinski definition) is 3. The van der Waals surface area contributed by atoms with Crippen molar-refractivity contribution < 1.29 is 0 Å². The Labute approximate surface area is 117 Å². The fourth-order valence-electron chi connectivity index (χ4n) is 2.50. The van der Waals surface area contributed by atoms with Crippen LogP contribution < -0.4 is 5.43 Å². The van der Waals surface area contributed by atoms with Crippen LogP contribution in [0.25, 0.3) is 10.9 Å². The van der Waals surface area contributed by atoms with Crippen molar-refractivity contribution in [3.05, 3.63) is 45.7 Å². The SMILES string of the molecule is Cc1ccc2[nH]c(CN3CCSCC3)cc(=O)c2c1. The summed E-state index contributed by atoms with van der Waals surface area (Å²) in [6.07, 6.45) is 0. The first-order valence-corrected chi connectivity index (χ1v) is 7.80. The molecular weight excluding hydrogens is 256 g/mol. The van der Waals surface area contributed by atoms with Gasteiger partial charge in [-0.1, -0.05) is 11.6 Å². The minimum Gasteiger partial charge on any atom is -0.357 e. The molecule has 0 radical (unpaired) electrons. The number of hydrogen-bond donors (Lipinski definition) is 1. The van der Waals surface area contributed by atoms with Crippen LogP contribution in [0.15, 0.2) is 29.1 Å². The van der Waals surface area contributed by atoms with Crippen molar-refractivity contribution in [2.75, 3.05) is 24.6 Å². The monoisotopic (exact) mass is 274 g/mol. The third-order valence-electron chi connectivity index (χ3n) is 3.54. The van der Waals surface area contributed by atoms with Crippen molar-refractivity contribution in [1.29, 1.82) is 0 Å². The molecule has 0 atom stereocenters. The third kappa shape index (κ3) is 2.85. The summed E-state index contributed by atoms with van der Waals surface area (Å²) in [5.41, 5.74) is 3.21. The number of nitrogens with one attached hydrogen (secondary N) is 1. The Morgan fingerprint density at radius 3 is 2.84 bits per heavy atom. The van der Waals surface area contributed by atoms with Gasteiger partial charge in [-0.05, 0) is 19.1 Å². The molecule has 100 valence electrons. The van der Waals surface area contributed by atoms with E-state index in [1.54, 1.807) is 6.07 Å². The van der Waals surface area contributed by atoms with E-state index in [1.807, 2.05) is 36.9 Å². The lowest BCUT2D eigenvalue weighted by Crippen LogP contribution is -2.32. The van der Waals surface area contributed by atoms with Crippen LogP contribution in [0.1, 0.15) is 11.3 Å². The first kappa shape index (κ1) is 12.8. The molecule has 1 N–H and O–H groups in total. The van der Waals surface area contributed by atoms with Crippen molar-refractivity contribution in [2.24, 2.45) is 0 Å². The normalized spacial score (nSPS) is 16.9. The highest BCUT2D eigenvalue weighted by molar-refractivity contribution is 7.99. The van der Waals surface area contributed by atoms with Gasteiger partial charge in [0, 0.05) is 53.8 Å². The van der Waals surface area contributed by atoms with Gasteiger partial charge in [0.15, 0.2) is 5.43 Å². The van der Waals surface area contributed by atoms with Crippen LogP contribution in [0.2, 0.25) is 0 Å². The lowest BCUT2D eigenvalue weighted by Gasteiger charge is -2.25. The van der Waals surface area contributed by atoms with Gasteiger partial charge < -0.3 is 4.98 Å². The Bertz CT molecular complexity index is 644. The molecule has 1 aliphatic heterocycles. The van der Waals surface area contributed by atoms with Crippen LogP contribution in [0.4, 0.5) is 0 Å². The second-order valence-electron chi connectivity index (χ2n) is 5.10. The van der Waals surface area contributed by atoms with Gasteiger partial charge in [-0.2, -0.15) is 11.8 Å². The number of H-pyrrole nitrogens is 1. The molecule has 4 heteroatoms. The number of aromatic amines is 1. The molecule has 3 rings (SSSR count). The van der Waals surface area contributed by atoms with Crippen LogP contribution >= 0.6 is 11.8 Å². The van der Waals surface area contributed by atoms with Crippen molar-refractivity contribution >= 4 is 22.7 Å². The highest BCUT2D eigenvalue weighted by atomic mass is 32.2. The Kier molecular flexibility index (Phi) is 3.62. The number of pyridine rings is 1. The predicted octanol–water partition coefficient (Wildman–Crippen LogP) is 2.39. The molecule has 0 bridgehead atoms. The van der Waals surface area contributed by atoms with Crippen molar-refractivity contribution in [2.45, 2.75) is 13.5 Å². The maximum atomic E-state index is 12.2. The van der Waals surface area contributed by atoms with Gasteiger partial charge in [0.2, 0.25) is 0 Å². The van der Waals surface area contributed by atoms with Crippen molar-refractivity contribution in [1.82, 2.24) is 9.88 Å². The number of nitrogens with zero attached hydrogens (tertiary/aromatic N) is 1. The molecule has 3 nitrogen and oxygen atoms in total. The van der Waals surface area contributed by atoms with E-state index in [2.05, 4.69) is 9.88 Å². The Balaban J connectivity index is 1.92. The molecule has 0 spiro atoms. The van der Waals surface area contributed by atoms with Gasteiger partial charge in [0.1, 0.15) is 0 Å². The number of benzene rings is 1. The zero-order valence-electron chi connectivity index (χ0n) is 11.1. The van der Waals surface area contributed by atoms with E-state index in [-0.39, 0.29) is 5.43 Å². The summed E-state index contributed by atoms with van der Waals surface area (Å²) in [4.78, 5) is 17.9. The minimum absolute atomic E-state index is 0.124. The molecular formula is C15H18N2OS. The third-order valence-corrected chi connectivity index (χ3v) is 4.48. The number of aryl methyl sites for hydroxylation is 1. The van der Waals surface area contributed by atoms with Crippen LogP contribution in [-0.2, 0) is 6.54 Å². The fourth-order valence-corrected chi connectivity index (χ4v) is 3.48. The van der Waals surface area contributed by atoms with E-state index in [0.29, 0.717) is 0 Å². The quantitative estimate of drug-likeness (QED) is 0.913. The number of aromatic nitrogens is 1. The highest BCUT2D eigenvalue weighted by Crippen LogP contribution is 2.14. The summed E-state index contributed by atoms with van der Waals surface area (Å²) >= 11 is 2.00. The largest absolute Gasteiger partial charge is 0.357 e. The van der Waals surface area contributed by atoms with Crippen molar-refractivity contribution in [3.63, 3.8) is 0 Å². The molecule has 2 heterocycles. The first-order valence-electron chi connectivity index (χ1n) is 6.65. The summed E-state index contributed by atoms with van der Waals surface area (Å²) in [5.74, 6) is 2.38. The molecule has 0 amide bonds. The smallest absolute Gasteiger partial charge is 0.189 e. The molecule has 0 aliphatic carbocycles. The van der Waals surface area contributed by atoms with Crippen LogP contribution in [0, 0.1) is 6.92 Å². The van der Waals surface area contributed by atoms with Gasteiger partial charge >= 0.3 is 0 Å². The molecule has 0 unspecified atom stereocenters. The van der Waals surface area contributed by atoms with E-state index in [0.717, 1.165) is 41.8 Å². The second-order valence-corrected chi connectivity index (χ2v) is 6.32. The molecule has 0 saturated carbocycles. The van der Waals surface area contributed by atoms with Crippen molar-refractivity contribution in [3.8, 4) is 0 Å². The fraction of sp³-hybridized carbons (Fsp3) is 0.400. The van der Waals surface area contributed by atoms with Crippen LogP contribution in [0.5, 0.6) is 0 Å². The van der Waals surface area contributed by atoms with E-state index in [1.165, 1.54) is 11.5 Å². The second kappa shape index (κ2) is 5.39. The topological polar surface area (TPSA) is 36.1 Å². The molecule has 1 aromatic carbocycles. The van der Waals surface area contributed by atoms with Gasteiger partial charge in [-0.15, -0.1) is 0 Å². The summed E-state index contributed by atoms with van der Waals surface area (Å²) in [6, 6.07) is 7.75. The van der Waals surface area contributed by atoms with Gasteiger partial charge in [0.25, 0.3) is 0 Å². The standard InChI is InChI=1S/C15H18N2OS/c1-11-2-3-14-13(8-11)15(18)9-12(16-14)10-17-4-6-19-7-5-17/h2-3,8-9H,4-7,10H2,1H3,(H,16,18). The summed E-state index contributed by atoms with van der Waals surface area (Å²) in [5, 5.41) is 0.790. The van der Waals surface area contributed by atoms with Gasteiger partial charge in [-0.25, -0.2) is 0 Å². The van der Waals surface area contributed by atoms with Crippen LogP contribution in [-0.4, -0.2) is 34.5 Å². The molecule has 1 fully saturated rings. The Morgan fingerprint density at radius 1 is 1.26 bits per heavy atom. The molecule has 2 aromatic rings. The summed E-state index contributed by atoms with van der Waals surface area (Å²) in [6.45, 7) is 5.08. The molecule has 1 aliphatic rings. The number of rotatable bonds is 2. The maximum absolute atomic E-state index is 12.2. The van der Waals surface area contributed by atoms with E-state index < -0.39 is 0 Å². The highest BCUT2D eigenvalue weighted by Gasteiger charge is 2.12. The van der Waals surface area contributed by atoms with E-state index in [9.17, 15) is 4.79 Å². The molecule has 1 aromatic heterocycles. The van der Waals surface area contributed by atoms with Crippen LogP contribution in [0.3, 0.4) is 0 Å². The number of thioether (sulfide) groups is 1. The van der Waals surface area contributed by atoms with Gasteiger partial charge in [-0.3, -0.25) is 9.69 Å². The molecule has 1 saturated heterocycles. The van der Waals surface area contributed by atoms with Gasteiger partial charge in [0.05, 0.1) is 0 Å². The average molecular weight is 274 g/mol. The lowest BCUT2D eigenvalue weighted by atomic mass is 10.1. The Hall–Kier alpha value is -1.26. The number of fused-ring (bicyclic) bond motifs is 1. The average Bonchev–Trinajstić information content (AvgIpc) is 2.41. The Morgan fingerprint density at radius 2 is 2.05 bits per heavy atom. The lowest BCUT2D eigenvalue weighted by molar-refractivity contribution is 0.291. The predicted molar refractivity (Wildman–Crippen MR) is 81.9 cm³/mol. The zero-order valence-corrected chi connectivity index (χ0v) is 11.9. The minimum atomic E-state index is 0.124.